The van der Waals surface area contributed by atoms with Crippen LogP contribution in [0.5, 0.6) is 0 Å². The van der Waals surface area contributed by atoms with E-state index in [1.54, 1.807) is 13.2 Å². The highest BCUT2D eigenvalue weighted by molar-refractivity contribution is 6.00. The van der Waals surface area contributed by atoms with E-state index in [4.69, 9.17) is 4.74 Å². The third-order valence-corrected chi connectivity index (χ3v) is 5.69. The van der Waals surface area contributed by atoms with Crippen molar-refractivity contribution >= 4 is 22.5 Å². The van der Waals surface area contributed by atoms with Crippen molar-refractivity contribution in [2.45, 2.75) is 25.4 Å². The Balaban J connectivity index is 2.00. The molecule has 0 aromatic carbocycles. The molecule has 1 amide bonds. The zero-order chi connectivity index (χ0) is 21.9. The molecule has 1 fully saturated rings. The minimum Gasteiger partial charge on any atom is -0.378 e. The lowest BCUT2D eigenvalue weighted by Crippen LogP contribution is -2.44. The molecule has 1 aliphatic rings. The zero-order valence-electron chi connectivity index (χ0n) is 17.9. The molecule has 0 atom stereocenters. The Morgan fingerprint density at radius 2 is 2.13 bits per heavy atom. The smallest absolute Gasteiger partial charge is 0.269 e. The van der Waals surface area contributed by atoms with E-state index >= 15 is 0 Å². The number of nitriles is 1. The van der Waals surface area contributed by atoms with E-state index in [0.717, 1.165) is 12.8 Å². The molecule has 9 nitrogen and oxygen atoms in total. The Kier molecular flexibility index (Phi) is 6.39. The van der Waals surface area contributed by atoms with Crippen molar-refractivity contribution in [3.05, 3.63) is 33.9 Å². The summed E-state index contributed by atoms with van der Waals surface area (Å²) in [7, 11) is 5.56. The maximum absolute atomic E-state index is 12.5. The molecule has 160 valence electrons. The summed E-state index contributed by atoms with van der Waals surface area (Å²) in [6.07, 6.45) is 3.02. The van der Waals surface area contributed by atoms with E-state index < -0.39 is 5.56 Å². The van der Waals surface area contributed by atoms with Crippen molar-refractivity contribution < 1.29 is 9.53 Å². The second kappa shape index (κ2) is 8.81. The van der Waals surface area contributed by atoms with Crippen molar-refractivity contribution in [3.8, 4) is 6.07 Å². The number of aromatic nitrogens is 2. The van der Waals surface area contributed by atoms with Crippen LogP contribution in [0.3, 0.4) is 0 Å². The van der Waals surface area contributed by atoms with E-state index in [1.165, 1.54) is 6.20 Å². The van der Waals surface area contributed by atoms with Gasteiger partial charge < -0.3 is 24.8 Å². The maximum Gasteiger partial charge on any atom is 0.269 e. The third kappa shape index (κ3) is 4.45. The van der Waals surface area contributed by atoms with Crippen LogP contribution < -0.4 is 15.8 Å². The van der Waals surface area contributed by atoms with Gasteiger partial charge in [-0.05, 0) is 39.9 Å². The highest BCUT2D eigenvalue weighted by Gasteiger charge is 2.32. The summed E-state index contributed by atoms with van der Waals surface area (Å²) in [4.78, 5) is 36.0. The number of hydrogen-bond donors (Lipinski definition) is 2. The molecule has 0 radical (unpaired) electrons. The van der Waals surface area contributed by atoms with Gasteiger partial charge >= 0.3 is 0 Å². The first-order valence-electron chi connectivity index (χ1n) is 9.97. The van der Waals surface area contributed by atoms with Gasteiger partial charge in [-0.3, -0.25) is 9.59 Å². The summed E-state index contributed by atoms with van der Waals surface area (Å²) < 4.78 is 5.61. The molecule has 2 N–H and O–H groups in total. The predicted octanol–water partition coefficient (Wildman–Crippen LogP) is 1.09. The Bertz CT molecular complexity index is 1030. The predicted molar refractivity (Wildman–Crippen MR) is 115 cm³/mol. The Morgan fingerprint density at radius 1 is 1.43 bits per heavy atom. The number of fused-ring (bicyclic) bond motifs is 1. The van der Waals surface area contributed by atoms with Gasteiger partial charge in [0.2, 0.25) is 0 Å². The molecule has 1 saturated heterocycles. The number of anilines is 1. The van der Waals surface area contributed by atoms with Crippen LogP contribution in [0.15, 0.2) is 17.1 Å². The van der Waals surface area contributed by atoms with Crippen LogP contribution in [0, 0.1) is 11.3 Å². The lowest BCUT2D eigenvalue weighted by atomic mass is 9.92. The molecule has 0 aliphatic carbocycles. The van der Waals surface area contributed by atoms with Crippen LogP contribution in [0.25, 0.3) is 10.9 Å². The quantitative estimate of drug-likeness (QED) is 0.730. The van der Waals surface area contributed by atoms with Crippen molar-refractivity contribution in [1.29, 1.82) is 5.26 Å². The summed E-state index contributed by atoms with van der Waals surface area (Å²) in [5, 5.41) is 13.1. The molecule has 9 heteroatoms. The van der Waals surface area contributed by atoms with Crippen LogP contribution in [-0.4, -0.2) is 73.8 Å². The van der Waals surface area contributed by atoms with E-state index in [0.29, 0.717) is 42.8 Å². The SMILES string of the molecule is COC1(C)CCN(c2c(C#N)c(=O)[nH]c3cnc(C(=O)NCCN(C)C)cc23)CC1. The van der Waals surface area contributed by atoms with Gasteiger partial charge in [-0.1, -0.05) is 0 Å². The van der Waals surface area contributed by atoms with Gasteiger partial charge in [0.15, 0.2) is 0 Å². The number of likely N-dealkylation sites (N-methyl/N-ethyl adjacent to an activating group) is 1. The van der Waals surface area contributed by atoms with E-state index in [1.807, 2.05) is 30.0 Å². The largest absolute Gasteiger partial charge is 0.378 e. The average molecular weight is 412 g/mol. The van der Waals surface area contributed by atoms with E-state index in [2.05, 4.69) is 22.2 Å². The lowest BCUT2D eigenvalue weighted by molar-refractivity contribution is -0.0132. The van der Waals surface area contributed by atoms with Gasteiger partial charge in [0.25, 0.3) is 11.5 Å². The average Bonchev–Trinajstić information content (AvgIpc) is 2.73. The number of carbonyl (C=O) groups excluding carboxylic acids is 1. The first-order chi connectivity index (χ1) is 14.3. The molecule has 0 bridgehead atoms. The number of hydrogen-bond acceptors (Lipinski definition) is 7. The molecule has 2 aromatic heterocycles. The van der Waals surface area contributed by atoms with E-state index in [9.17, 15) is 14.9 Å². The monoisotopic (exact) mass is 412 g/mol. The molecule has 2 aromatic rings. The van der Waals surface area contributed by atoms with Crippen molar-refractivity contribution in [2.75, 3.05) is 52.3 Å². The summed E-state index contributed by atoms with van der Waals surface area (Å²) in [5.41, 5.74) is 0.674. The number of piperidine rings is 1. The number of rotatable bonds is 6. The molecule has 3 heterocycles. The minimum atomic E-state index is -0.454. The van der Waals surface area contributed by atoms with Gasteiger partial charge in [0, 0.05) is 38.7 Å². The number of nitrogens with zero attached hydrogens (tertiary/aromatic N) is 4. The van der Waals surface area contributed by atoms with Crippen LogP contribution in [0.2, 0.25) is 0 Å². The molecule has 1 aliphatic heterocycles. The van der Waals surface area contributed by atoms with Crippen LogP contribution >= 0.6 is 0 Å². The number of H-pyrrole nitrogens is 1. The first kappa shape index (κ1) is 21.7. The minimum absolute atomic E-state index is 0.0497. The van der Waals surface area contributed by atoms with Gasteiger partial charge in [-0.2, -0.15) is 5.26 Å². The fraction of sp³-hybridized carbons (Fsp3) is 0.524. The number of aromatic amines is 1. The molecular weight excluding hydrogens is 384 g/mol. The third-order valence-electron chi connectivity index (χ3n) is 5.69. The fourth-order valence-corrected chi connectivity index (χ4v) is 3.63. The highest BCUT2D eigenvalue weighted by Crippen LogP contribution is 2.33. The normalized spacial score (nSPS) is 15.9. The van der Waals surface area contributed by atoms with Crippen molar-refractivity contribution in [1.82, 2.24) is 20.2 Å². The van der Waals surface area contributed by atoms with E-state index in [-0.39, 0.29) is 22.8 Å². The molecule has 0 unspecified atom stereocenters. The molecule has 0 spiro atoms. The van der Waals surface area contributed by atoms with Crippen LogP contribution in [0.1, 0.15) is 35.8 Å². The zero-order valence-corrected chi connectivity index (χ0v) is 17.9. The maximum atomic E-state index is 12.5. The standard InChI is InChI=1S/C21H28N6O3/c1-21(30-4)5-8-27(9-6-21)18-14-11-16(20(29)23-7-10-26(2)3)24-13-17(14)25-19(28)15(18)12-22/h11,13H,5-10H2,1-4H3,(H,23,29)(H,25,28). The van der Waals surface area contributed by atoms with Crippen LogP contribution in [-0.2, 0) is 4.74 Å². The van der Waals surface area contributed by atoms with Crippen molar-refractivity contribution in [2.24, 2.45) is 0 Å². The summed E-state index contributed by atoms with van der Waals surface area (Å²) in [5.74, 6) is -0.292. The number of ether oxygens (including phenoxy) is 1. The highest BCUT2D eigenvalue weighted by atomic mass is 16.5. The second-order valence-electron chi connectivity index (χ2n) is 8.10. The van der Waals surface area contributed by atoms with Gasteiger partial charge in [-0.15, -0.1) is 0 Å². The number of nitrogens with one attached hydrogen (secondary N) is 2. The Hall–Kier alpha value is -2.96. The Labute approximate surface area is 175 Å². The van der Waals surface area contributed by atoms with Gasteiger partial charge in [0.1, 0.15) is 17.3 Å². The lowest BCUT2D eigenvalue weighted by Gasteiger charge is -2.40. The molecule has 30 heavy (non-hydrogen) atoms. The molecular formula is C21H28N6O3. The molecule has 3 rings (SSSR count). The Morgan fingerprint density at radius 3 is 2.73 bits per heavy atom. The van der Waals surface area contributed by atoms with Gasteiger partial charge in [-0.25, -0.2) is 4.98 Å². The number of carbonyl (C=O) groups is 1. The first-order valence-corrected chi connectivity index (χ1v) is 9.97. The van der Waals surface area contributed by atoms with Crippen molar-refractivity contribution in [3.63, 3.8) is 0 Å². The number of methoxy groups -OCH3 is 1. The van der Waals surface area contributed by atoms with Crippen LogP contribution in [0.4, 0.5) is 5.69 Å². The van der Waals surface area contributed by atoms with Gasteiger partial charge in [0.05, 0.1) is 23.0 Å². The number of pyridine rings is 2. The summed E-state index contributed by atoms with van der Waals surface area (Å²) in [6.45, 7) is 4.55. The topological polar surface area (TPSA) is 114 Å². The number of amides is 1. The second-order valence-corrected chi connectivity index (χ2v) is 8.10. The summed E-state index contributed by atoms with van der Waals surface area (Å²) >= 11 is 0. The fourth-order valence-electron chi connectivity index (χ4n) is 3.63. The molecule has 0 saturated carbocycles. The summed E-state index contributed by atoms with van der Waals surface area (Å²) in [6, 6.07) is 3.69.